The first-order valence-corrected chi connectivity index (χ1v) is 8.40. The van der Waals surface area contributed by atoms with Crippen molar-refractivity contribution in [3.63, 3.8) is 0 Å². The summed E-state index contributed by atoms with van der Waals surface area (Å²) in [5.74, 6) is 0.665. The second-order valence-electron chi connectivity index (χ2n) is 6.38. The molecule has 1 aliphatic heterocycles. The predicted octanol–water partition coefficient (Wildman–Crippen LogP) is 2.77. The fourth-order valence-corrected chi connectivity index (χ4v) is 3.50. The van der Waals surface area contributed by atoms with Crippen LogP contribution in [0.4, 0.5) is 0 Å². The number of pyridine rings is 1. The van der Waals surface area contributed by atoms with Crippen LogP contribution in [0.1, 0.15) is 25.8 Å². The van der Waals surface area contributed by atoms with Crippen LogP contribution in [0.2, 0.25) is 0 Å². The van der Waals surface area contributed by atoms with Crippen LogP contribution in [0.3, 0.4) is 0 Å². The van der Waals surface area contributed by atoms with Gasteiger partial charge in [0.25, 0.3) is 5.56 Å². The number of fused-ring (bicyclic) bond motifs is 1. The van der Waals surface area contributed by atoms with Gasteiger partial charge in [-0.05, 0) is 50.6 Å². The van der Waals surface area contributed by atoms with E-state index in [0.29, 0.717) is 17.3 Å². The molecule has 3 aromatic rings. The Kier molecular flexibility index (Phi) is 3.86. The van der Waals surface area contributed by atoms with Gasteiger partial charge in [-0.15, -0.1) is 0 Å². The quantitative estimate of drug-likeness (QED) is 0.789. The summed E-state index contributed by atoms with van der Waals surface area (Å²) in [4.78, 5) is 22.4. The standard InChI is InChI=1S/C19H20N4O/c1-13-12-14(9-11-20-13)23-18(17-8-4-5-10-21-17)22-16-7-3-2-6-15(16)19(23)24/h2-8,10,13-14,20H,9,11-12H2,1H3/t13-,14-/m1/s1. The van der Waals surface area contributed by atoms with Gasteiger partial charge in [-0.25, -0.2) is 4.98 Å². The van der Waals surface area contributed by atoms with Gasteiger partial charge in [-0.1, -0.05) is 18.2 Å². The number of hydrogen-bond acceptors (Lipinski definition) is 4. The van der Waals surface area contributed by atoms with Gasteiger partial charge in [-0.3, -0.25) is 14.3 Å². The summed E-state index contributed by atoms with van der Waals surface area (Å²) in [5, 5.41) is 4.12. The molecule has 122 valence electrons. The zero-order valence-corrected chi connectivity index (χ0v) is 13.6. The van der Waals surface area contributed by atoms with Gasteiger partial charge in [0.2, 0.25) is 0 Å². The van der Waals surface area contributed by atoms with E-state index in [1.165, 1.54) is 0 Å². The number of aromatic nitrogens is 3. The fraction of sp³-hybridized carbons (Fsp3) is 0.316. The molecule has 5 heteroatoms. The van der Waals surface area contributed by atoms with Crippen LogP contribution < -0.4 is 10.9 Å². The molecule has 1 aromatic carbocycles. The lowest BCUT2D eigenvalue weighted by molar-refractivity contribution is 0.309. The van der Waals surface area contributed by atoms with E-state index in [2.05, 4.69) is 17.2 Å². The highest BCUT2D eigenvalue weighted by Gasteiger charge is 2.25. The summed E-state index contributed by atoms with van der Waals surface area (Å²) in [6, 6.07) is 13.8. The zero-order valence-electron chi connectivity index (χ0n) is 13.6. The third-order valence-electron chi connectivity index (χ3n) is 4.66. The Balaban J connectivity index is 1.98. The normalized spacial score (nSPS) is 21.0. The van der Waals surface area contributed by atoms with Crippen LogP contribution in [0.5, 0.6) is 0 Å². The second kappa shape index (κ2) is 6.17. The number of hydrogen-bond donors (Lipinski definition) is 1. The number of nitrogens with one attached hydrogen (secondary N) is 1. The van der Waals surface area contributed by atoms with Crippen LogP contribution >= 0.6 is 0 Å². The average Bonchev–Trinajstić information content (AvgIpc) is 2.62. The maximum absolute atomic E-state index is 13.2. The first-order valence-electron chi connectivity index (χ1n) is 8.40. The molecule has 1 N–H and O–H groups in total. The van der Waals surface area contributed by atoms with Crippen molar-refractivity contribution < 1.29 is 0 Å². The predicted molar refractivity (Wildman–Crippen MR) is 95.0 cm³/mol. The van der Waals surface area contributed by atoms with Crippen molar-refractivity contribution in [1.82, 2.24) is 19.9 Å². The van der Waals surface area contributed by atoms with Crippen molar-refractivity contribution in [3.05, 3.63) is 59.0 Å². The van der Waals surface area contributed by atoms with Gasteiger partial charge < -0.3 is 5.32 Å². The monoisotopic (exact) mass is 320 g/mol. The second-order valence-corrected chi connectivity index (χ2v) is 6.38. The van der Waals surface area contributed by atoms with Crippen molar-refractivity contribution in [2.45, 2.75) is 31.8 Å². The van der Waals surface area contributed by atoms with Gasteiger partial charge in [0.15, 0.2) is 5.82 Å². The Hall–Kier alpha value is -2.53. The Labute approximate surface area is 140 Å². The van der Waals surface area contributed by atoms with E-state index < -0.39 is 0 Å². The first-order chi connectivity index (χ1) is 11.7. The van der Waals surface area contributed by atoms with E-state index in [4.69, 9.17) is 4.98 Å². The van der Waals surface area contributed by atoms with E-state index in [-0.39, 0.29) is 11.6 Å². The molecule has 0 amide bonds. The molecule has 3 heterocycles. The minimum atomic E-state index is 0.0281. The number of benzene rings is 1. The molecule has 0 spiro atoms. The van der Waals surface area contributed by atoms with Gasteiger partial charge in [0.05, 0.1) is 10.9 Å². The van der Waals surface area contributed by atoms with E-state index in [0.717, 1.165) is 30.6 Å². The number of rotatable bonds is 2. The molecule has 0 bridgehead atoms. The molecule has 1 aliphatic rings. The summed E-state index contributed by atoms with van der Waals surface area (Å²) in [5.41, 5.74) is 1.49. The van der Waals surface area contributed by atoms with Gasteiger partial charge in [0, 0.05) is 18.3 Å². The molecule has 0 aliphatic carbocycles. The number of piperidine rings is 1. The smallest absolute Gasteiger partial charge is 0.261 e. The topological polar surface area (TPSA) is 59.8 Å². The van der Waals surface area contributed by atoms with E-state index in [1.807, 2.05) is 47.0 Å². The maximum atomic E-state index is 13.2. The third kappa shape index (κ3) is 2.61. The molecule has 2 atom stereocenters. The molecule has 5 nitrogen and oxygen atoms in total. The largest absolute Gasteiger partial charge is 0.314 e. The lowest BCUT2D eigenvalue weighted by Crippen LogP contribution is -2.40. The highest BCUT2D eigenvalue weighted by molar-refractivity contribution is 5.79. The van der Waals surface area contributed by atoms with Crippen LogP contribution in [-0.4, -0.2) is 27.1 Å². The third-order valence-corrected chi connectivity index (χ3v) is 4.66. The maximum Gasteiger partial charge on any atom is 0.261 e. The average molecular weight is 320 g/mol. The van der Waals surface area contributed by atoms with Crippen LogP contribution in [-0.2, 0) is 0 Å². The van der Waals surface area contributed by atoms with Gasteiger partial charge in [-0.2, -0.15) is 0 Å². The van der Waals surface area contributed by atoms with Crippen molar-refractivity contribution in [2.24, 2.45) is 0 Å². The summed E-state index contributed by atoms with van der Waals surface area (Å²) in [6.07, 6.45) is 3.58. The van der Waals surface area contributed by atoms with E-state index >= 15 is 0 Å². The summed E-state index contributed by atoms with van der Waals surface area (Å²) in [6.45, 7) is 3.07. The molecule has 0 radical (unpaired) electrons. The molecule has 4 rings (SSSR count). The fourth-order valence-electron chi connectivity index (χ4n) is 3.50. The lowest BCUT2D eigenvalue weighted by atomic mass is 9.99. The molecular weight excluding hydrogens is 300 g/mol. The number of nitrogens with zero attached hydrogens (tertiary/aromatic N) is 3. The van der Waals surface area contributed by atoms with Crippen molar-refractivity contribution in [3.8, 4) is 11.5 Å². The Morgan fingerprint density at radius 3 is 2.79 bits per heavy atom. The summed E-state index contributed by atoms with van der Waals surface area (Å²) in [7, 11) is 0. The number of para-hydroxylation sites is 1. The van der Waals surface area contributed by atoms with Crippen molar-refractivity contribution >= 4 is 10.9 Å². The van der Waals surface area contributed by atoms with Gasteiger partial charge >= 0.3 is 0 Å². The van der Waals surface area contributed by atoms with Gasteiger partial charge in [0.1, 0.15) is 5.69 Å². The first kappa shape index (κ1) is 15.0. The molecule has 0 saturated carbocycles. The highest BCUT2D eigenvalue weighted by Crippen LogP contribution is 2.26. The van der Waals surface area contributed by atoms with Crippen LogP contribution in [0.15, 0.2) is 53.5 Å². The minimum absolute atomic E-state index is 0.0281. The zero-order chi connectivity index (χ0) is 16.5. The van der Waals surface area contributed by atoms with Crippen molar-refractivity contribution in [2.75, 3.05) is 6.54 Å². The Bertz CT molecular complexity index is 920. The molecule has 1 saturated heterocycles. The highest BCUT2D eigenvalue weighted by atomic mass is 16.1. The SMILES string of the molecule is C[C@@H]1C[C@H](n2c(-c3ccccn3)nc3ccccc3c2=O)CCN1. The lowest BCUT2D eigenvalue weighted by Gasteiger charge is -2.30. The summed E-state index contributed by atoms with van der Waals surface area (Å²) < 4.78 is 1.86. The summed E-state index contributed by atoms with van der Waals surface area (Å²) >= 11 is 0. The van der Waals surface area contributed by atoms with Crippen LogP contribution in [0.25, 0.3) is 22.4 Å². The van der Waals surface area contributed by atoms with E-state index in [9.17, 15) is 4.79 Å². The molecule has 24 heavy (non-hydrogen) atoms. The Morgan fingerprint density at radius 2 is 2.00 bits per heavy atom. The minimum Gasteiger partial charge on any atom is -0.314 e. The molecule has 0 unspecified atom stereocenters. The molecular formula is C19H20N4O. The molecule has 1 fully saturated rings. The van der Waals surface area contributed by atoms with Crippen molar-refractivity contribution in [1.29, 1.82) is 0 Å². The van der Waals surface area contributed by atoms with E-state index in [1.54, 1.807) is 6.20 Å². The van der Waals surface area contributed by atoms with Crippen LogP contribution in [0, 0.1) is 0 Å². The Morgan fingerprint density at radius 1 is 1.17 bits per heavy atom. The molecule has 2 aromatic heterocycles.